The predicted octanol–water partition coefficient (Wildman–Crippen LogP) is 3.09. The fourth-order valence-electron chi connectivity index (χ4n) is 3.03. The Morgan fingerprint density at radius 2 is 2.20 bits per heavy atom. The molecular formula is C18H31IN4OS. The monoisotopic (exact) mass is 478 g/mol. The molecule has 0 spiro atoms. The Hall–Kier alpha value is -0.700. The highest BCUT2D eigenvalue weighted by Gasteiger charge is 2.24. The number of pyridine rings is 1. The predicted molar refractivity (Wildman–Crippen MR) is 119 cm³/mol. The number of aromatic nitrogens is 1. The molecule has 1 aromatic heterocycles. The van der Waals surface area contributed by atoms with Gasteiger partial charge in [0.1, 0.15) is 0 Å². The van der Waals surface area contributed by atoms with E-state index >= 15 is 0 Å². The molecule has 0 aromatic carbocycles. The molecule has 142 valence electrons. The van der Waals surface area contributed by atoms with Gasteiger partial charge in [0.05, 0.1) is 0 Å². The molecule has 7 heteroatoms. The molecule has 0 amide bonds. The van der Waals surface area contributed by atoms with Gasteiger partial charge in [0.15, 0.2) is 5.96 Å². The summed E-state index contributed by atoms with van der Waals surface area (Å²) < 4.78 is 1.76. The topological polar surface area (TPSA) is 58.4 Å². The average Bonchev–Trinajstić information content (AvgIpc) is 3.04. The van der Waals surface area contributed by atoms with E-state index in [1.54, 1.807) is 16.7 Å². The fourth-order valence-corrected chi connectivity index (χ4v) is 3.83. The van der Waals surface area contributed by atoms with Crippen molar-refractivity contribution in [2.45, 2.75) is 56.9 Å². The molecule has 1 heterocycles. The Kier molecular flexibility index (Phi) is 11.3. The summed E-state index contributed by atoms with van der Waals surface area (Å²) in [4.78, 5) is 16.3. The van der Waals surface area contributed by atoms with E-state index in [0.29, 0.717) is 6.04 Å². The zero-order chi connectivity index (χ0) is 17.2. The minimum atomic E-state index is 0. The zero-order valence-corrected chi connectivity index (χ0v) is 18.4. The van der Waals surface area contributed by atoms with Gasteiger partial charge < -0.3 is 15.2 Å². The first-order valence-corrected chi connectivity index (χ1v) is 10.2. The van der Waals surface area contributed by atoms with Crippen molar-refractivity contribution in [3.05, 3.63) is 34.7 Å². The van der Waals surface area contributed by atoms with Crippen LogP contribution in [0.3, 0.4) is 0 Å². The lowest BCUT2D eigenvalue weighted by Crippen LogP contribution is -2.42. The third kappa shape index (κ3) is 8.02. The van der Waals surface area contributed by atoms with Crippen LogP contribution in [0.2, 0.25) is 0 Å². The number of guanidine groups is 1. The van der Waals surface area contributed by atoms with Crippen LogP contribution in [0.15, 0.2) is 34.2 Å². The van der Waals surface area contributed by atoms with Gasteiger partial charge in [-0.1, -0.05) is 6.07 Å². The van der Waals surface area contributed by atoms with E-state index in [9.17, 15) is 4.79 Å². The van der Waals surface area contributed by atoms with Gasteiger partial charge in [-0.25, -0.2) is 0 Å². The van der Waals surface area contributed by atoms with Crippen LogP contribution in [0.5, 0.6) is 0 Å². The van der Waals surface area contributed by atoms with Crippen molar-refractivity contribution in [1.29, 1.82) is 0 Å². The van der Waals surface area contributed by atoms with Gasteiger partial charge in [0.2, 0.25) is 5.56 Å². The van der Waals surface area contributed by atoms with E-state index < -0.39 is 0 Å². The molecule has 25 heavy (non-hydrogen) atoms. The number of aryl methyl sites for hydroxylation is 1. The zero-order valence-electron chi connectivity index (χ0n) is 15.2. The van der Waals surface area contributed by atoms with Crippen LogP contribution in [0.1, 0.15) is 39.0 Å². The summed E-state index contributed by atoms with van der Waals surface area (Å²) in [5.74, 6) is 0.932. The van der Waals surface area contributed by atoms with Crippen LogP contribution in [0, 0.1) is 0 Å². The maximum Gasteiger partial charge on any atom is 0.250 e. The SMILES string of the molecule is CCNC(=NCCCCn1ccccc1=O)NC1CCC(SC)C1.I. The molecule has 2 atom stereocenters. The molecule has 2 rings (SSSR count). The van der Waals surface area contributed by atoms with Crippen molar-refractivity contribution >= 4 is 41.7 Å². The molecule has 1 fully saturated rings. The van der Waals surface area contributed by atoms with E-state index in [2.05, 4.69) is 28.8 Å². The minimum absolute atomic E-state index is 0. The van der Waals surface area contributed by atoms with Gasteiger partial charge in [0, 0.05) is 43.2 Å². The number of aliphatic imine (C=N–C) groups is 1. The first-order valence-electron chi connectivity index (χ1n) is 8.96. The number of hydrogen-bond donors (Lipinski definition) is 2. The van der Waals surface area contributed by atoms with Crippen molar-refractivity contribution in [2.75, 3.05) is 19.3 Å². The van der Waals surface area contributed by atoms with Gasteiger partial charge in [-0.15, -0.1) is 24.0 Å². The largest absolute Gasteiger partial charge is 0.357 e. The van der Waals surface area contributed by atoms with Crippen LogP contribution < -0.4 is 16.2 Å². The Balaban J connectivity index is 0.00000312. The molecule has 1 aromatic rings. The highest BCUT2D eigenvalue weighted by Crippen LogP contribution is 2.27. The number of rotatable bonds is 8. The van der Waals surface area contributed by atoms with Gasteiger partial charge in [-0.05, 0) is 51.3 Å². The Labute approximate surface area is 172 Å². The molecule has 0 aliphatic heterocycles. The summed E-state index contributed by atoms with van der Waals surface area (Å²) in [5.41, 5.74) is 0.0700. The van der Waals surface area contributed by atoms with E-state index in [1.165, 1.54) is 19.3 Å². The second-order valence-electron chi connectivity index (χ2n) is 6.21. The molecule has 0 radical (unpaired) electrons. The number of hydrogen-bond acceptors (Lipinski definition) is 3. The summed E-state index contributed by atoms with van der Waals surface area (Å²) in [5, 5.41) is 7.69. The average molecular weight is 478 g/mol. The molecule has 1 aliphatic rings. The number of thioether (sulfide) groups is 1. The number of nitrogens with one attached hydrogen (secondary N) is 2. The summed E-state index contributed by atoms with van der Waals surface area (Å²) in [7, 11) is 0. The van der Waals surface area contributed by atoms with Crippen LogP contribution in [0.25, 0.3) is 0 Å². The van der Waals surface area contributed by atoms with Gasteiger partial charge in [-0.3, -0.25) is 9.79 Å². The minimum Gasteiger partial charge on any atom is -0.357 e. The fraction of sp³-hybridized carbons (Fsp3) is 0.667. The summed E-state index contributed by atoms with van der Waals surface area (Å²) >= 11 is 1.97. The number of nitrogens with zero attached hydrogens (tertiary/aromatic N) is 2. The molecule has 1 aliphatic carbocycles. The second-order valence-corrected chi connectivity index (χ2v) is 7.35. The molecule has 5 nitrogen and oxygen atoms in total. The standard InChI is InChI=1S/C18H30N4OS.HI/c1-3-19-18(21-15-9-10-16(14-15)24-2)20-11-5-7-13-22-12-6-4-8-17(22)23;/h4,6,8,12,15-16H,3,5,7,9-11,13-14H2,1-2H3,(H2,19,20,21);1H. The van der Waals surface area contributed by atoms with Crippen molar-refractivity contribution in [3.63, 3.8) is 0 Å². The summed E-state index contributed by atoms with van der Waals surface area (Å²) in [6.07, 6.45) is 9.74. The van der Waals surface area contributed by atoms with Crippen molar-refractivity contribution in [2.24, 2.45) is 4.99 Å². The Morgan fingerprint density at radius 1 is 1.36 bits per heavy atom. The first-order chi connectivity index (χ1) is 11.7. The normalized spacial score (nSPS) is 20.2. The maximum atomic E-state index is 11.6. The van der Waals surface area contributed by atoms with Crippen LogP contribution in [-0.2, 0) is 6.54 Å². The number of halogens is 1. The molecule has 2 N–H and O–H groups in total. The maximum absolute atomic E-state index is 11.6. The Morgan fingerprint density at radius 3 is 2.88 bits per heavy atom. The molecular weight excluding hydrogens is 447 g/mol. The quantitative estimate of drug-likeness (QED) is 0.261. The van der Waals surface area contributed by atoms with Gasteiger partial charge in [0.25, 0.3) is 0 Å². The smallest absolute Gasteiger partial charge is 0.250 e. The van der Waals surface area contributed by atoms with Gasteiger partial charge >= 0.3 is 0 Å². The lowest BCUT2D eigenvalue weighted by Gasteiger charge is -2.17. The molecule has 0 saturated heterocycles. The van der Waals surface area contributed by atoms with E-state index in [-0.39, 0.29) is 29.5 Å². The highest BCUT2D eigenvalue weighted by atomic mass is 127. The summed E-state index contributed by atoms with van der Waals surface area (Å²) in [6, 6.07) is 5.83. The molecule has 2 unspecified atom stereocenters. The van der Waals surface area contributed by atoms with Crippen molar-refractivity contribution < 1.29 is 0 Å². The van der Waals surface area contributed by atoms with Crippen LogP contribution in [-0.4, -0.2) is 41.2 Å². The van der Waals surface area contributed by atoms with Crippen molar-refractivity contribution in [1.82, 2.24) is 15.2 Å². The lowest BCUT2D eigenvalue weighted by atomic mass is 10.2. The Bertz CT molecular complexity index is 578. The van der Waals surface area contributed by atoms with E-state index in [0.717, 1.165) is 43.7 Å². The van der Waals surface area contributed by atoms with E-state index in [4.69, 9.17) is 0 Å². The third-order valence-corrected chi connectivity index (χ3v) is 5.47. The van der Waals surface area contributed by atoms with Crippen LogP contribution in [0.4, 0.5) is 0 Å². The lowest BCUT2D eigenvalue weighted by molar-refractivity contribution is 0.591. The third-order valence-electron chi connectivity index (χ3n) is 4.38. The first kappa shape index (κ1) is 22.3. The molecule has 1 saturated carbocycles. The van der Waals surface area contributed by atoms with Crippen molar-refractivity contribution in [3.8, 4) is 0 Å². The van der Waals surface area contributed by atoms with Gasteiger partial charge in [-0.2, -0.15) is 11.8 Å². The molecule has 0 bridgehead atoms. The van der Waals surface area contributed by atoms with Crippen LogP contribution >= 0.6 is 35.7 Å². The summed E-state index contributed by atoms with van der Waals surface area (Å²) in [6.45, 7) is 4.52. The second kappa shape index (κ2) is 12.6. The highest BCUT2D eigenvalue weighted by molar-refractivity contribution is 14.0. The van der Waals surface area contributed by atoms with E-state index in [1.807, 2.05) is 24.0 Å². The number of unbranched alkanes of at least 4 members (excludes halogenated alkanes) is 1.